The summed E-state index contributed by atoms with van der Waals surface area (Å²) in [7, 11) is 1.66. The Kier molecular flexibility index (Phi) is 5.40. The summed E-state index contributed by atoms with van der Waals surface area (Å²) in [6, 6.07) is 25.9. The van der Waals surface area contributed by atoms with Crippen molar-refractivity contribution in [3.8, 4) is 27.6 Å². The van der Waals surface area contributed by atoms with Crippen LogP contribution in [-0.4, -0.2) is 17.9 Å². The van der Waals surface area contributed by atoms with Crippen molar-refractivity contribution < 1.29 is 4.74 Å². The van der Waals surface area contributed by atoms with E-state index in [1.54, 1.807) is 7.11 Å². The molecule has 0 saturated carbocycles. The quantitative estimate of drug-likeness (QED) is 0.339. The molecule has 29 heavy (non-hydrogen) atoms. The van der Waals surface area contributed by atoms with E-state index < -0.39 is 0 Å². The van der Waals surface area contributed by atoms with Crippen LogP contribution in [0.25, 0.3) is 21.8 Å². The minimum absolute atomic E-state index is 0.476. The van der Waals surface area contributed by atoms with Gasteiger partial charge in [-0.2, -0.15) is 0 Å². The number of aliphatic imine (C=N–C) groups is 1. The van der Waals surface area contributed by atoms with Gasteiger partial charge in [-0.1, -0.05) is 71.5 Å². The van der Waals surface area contributed by atoms with E-state index in [2.05, 4.69) is 31.2 Å². The van der Waals surface area contributed by atoms with Gasteiger partial charge < -0.3 is 10.5 Å². The molecule has 0 fully saturated rings. The zero-order valence-corrected chi connectivity index (χ0v) is 17.1. The predicted octanol–water partition coefficient (Wildman–Crippen LogP) is 5.83. The molecule has 3 aromatic carbocycles. The first kappa shape index (κ1) is 18.9. The van der Waals surface area contributed by atoms with E-state index >= 15 is 0 Å². The summed E-state index contributed by atoms with van der Waals surface area (Å²) >= 11 is 1.53. The lowest BCUT2D eigenvalue weighted by Gasteiger charge is -2.02. The molecular weight excluding hydrogens is 378 g/mol. The molecule has 0 amide bonds. The number of thiazole rings is 1. The number of nitrogens with zero attached hydrogens (tertiary/aromatic N) is 2. The summed E-state index contributed by atoms with van der Waals surface area (Å²) in [6.45, 7) is 2.07. The van der Waals surface area contributed by atoms with E-state index in [1.165, 1.54) is 16.9 Å². The number of nitrogens with two attached hydrogens (primary N) is 1. The second-order valence-electron chi connectivity index (χ2n) is 6.63. The Hall–Kier alpha value is -3.44. The molecule has 144 valence electrons. The summed E-state index contributed by atoms with van der Waals surface area (Å²) in [5, 5.41) is 1.68. The van der Waals surface area contributed by atoms with Crippen molar-refractivity contribution >= 4 is 22.2 Å². The number of hydrogen-bond donors (Lipinski definition) is 1. The molecule has 1 heterocycles. The van der Waals surface area contributed by atoms with Gasteiger partial charge in [-0.3, -0.25) is 0 Å². The maximum Gasteiger partial charge on any atom is 0.146 e. The first-order valence-corrected chi connectivity index (χ1v) is 10.1. The third-order valence-corrected chi connectivity index (χ3v) is 5.56. The maximum atomic E-state index is 6.30. The first-order valence-electron chi connectivity index (χ1n) is 9.26. The second kappa shape index (κ2) is 8.29. The molecule has 0 aliphatic carbocycles. The minimum atomic E-state index is 0.476. The van der Waals surface area contributed by atoms with Crippen molar-refractivity contribution in [3.05, 3.63) is 90.0 Å². The van der Waals surface area contributed by atoms with Crippen molar-refractivity contribution in [1.29, 1.82) is 0 Å². The highest BCUT2D eigenvalue weighted by atomic mass is 32.1. The lowest BCUT2D eigenvalue weighted by Crippen LogP contribution is -2.12. The van der Waals surface area contributed by atoms with Crippen LogP contribution in [0.15, 0.2) is 83.9 Å². The molecule has 0 aliphatic rings. The molecule has 0 bridgehead atoms. The lowest BCUT2D eigenvalue weighted by atomic mass is 10.1. The van der Waals surface area contributed by atoms with Gasteiger partial charge in [0.25, 0.3) is 0 Å². The van der Waals surface area contributed by atoms with Crippen LogP contribution in [0.5, 0.6) is 5.75 Å². The van der Waals surface area contributed by atoms with Crippen LogP contribution in [-0.2, 0) is 0 Å². The molecule has 0 aliphatic heterocycles. The fourth-order valence-corrected chi connectivity index (χ4v) is 3.91. The molecule has 4 rings (SSSR count). The van der Waals surface area contributed by atoms with Crippen LogP contribution in [0.1, 0.15) is 11.1 Å². The third kappa shape index (κ3) is 4.20. The Morgan fingerprint density at radius 1 is 0.897 bits per heavy atom. The average Bonchev–Trinajstić information content (AvgIpc) is 3.18. The number of amidine groups is 1. The van der Waals surface area contributed by atoms with Gasteiger partial charge in [0.15, 0.2) is 0 Å². The fourth-order valence-electron chi connectivity index (χ4n) is 2.93. The summed E-state index contributed by atoms with van der Waals surface area (Å²) in [4.78, 5) is 9.63. The summed E-state index contributed by atoms with van der Waals surface area (Å²) < 4.78 is 5.26. The zero-order valence-electron chi connectivity index (χ0n) is 16.3. The van der Waals surface area contributed by atoms with Crippen LogP contribution in [0.3, 0.4) is 0 Å². The minimum Gasteiger partial charge on any atom is -0.497 e. The molecule has 0 saturated heterocycles. The molecule has 4 nitrogen and oxygen atoms in total. The smallest absolute Gasteiger partial charge is 0.146 e. The first-order chi connectivity index (χ1) is 14.1. The number of methoxy groups -OCH3 is 1. The fraction of sp³-hybridized carbons (Fsp3) is 0.0833. The van der Waals surface area contributed by atoms with Crippen LogP contribution < -0.4 is 10.5 Å². The van der Waals surface area contributed by atoms with Crippen molar-refractivity contribution in [1.82, 2.24) is 4.98 Å². The number of aromatic nitrogens is 1. The van der Waals surface area contributed by atoms with Gasteiger partial charge >= 0.3 is 0 Å². The average molecular weight is 400 g/mol. The lowest BCUT2D eigenvalue weighted by molar-refractivity contribution is 0.415. The van der Waals surface area contributed by atoms with Crippen molar-refractivity contribution in [2.45, 2.75) is 6.92 Å². The van der Waals surface area contributed by atoms with Gasteiger partial charge in [0.05, 0.1) is 7.11 Å². The SMILES string of the molecule is COc1ccc(-c2nc(-c3ccc(C)cc3)c(/N=C(\N)c3ccccc3)s2)cc1. The van der Waals surface area contributed by atoms with Crippen molar-refractivity contribution in [2.24, 2.45) is 10.7 Å². The van der Waals surface area contributed by atoms with E-state index in [1.807, 2.05) is 54.6 Å². The number of benzene rings is 3. The molecule has 0 atom stereocenters. The van der Waals surface area contributed by atoms with Crippen LogP contribution >= 0.6 is 11.3 Å². The molecule has 0 radical (unpaired) electrons. The van der Waals surface area contributed by atoms with Crippen LogP contribution in [0, 0.1) is 6.92 Å². The number of rotatable bonds is 5. The number of ether oxygens (including phenoxy) is 1. The Bertz CT molecular complexity index is 1130. The van der Waals surface area contributed by atoms with E-state index in [-0.39, 0.29) is 0 Å². The monoisotopic (exact) mass is 399 g/mol. The molecule has 4 aromatic rings. The van der Waals surface area contributed by atoms with Gasteiger partial charge in [0, 0.05) is 16.7 Å². The van der Waals surface area contributed by atoms with Gasteiger partial charge in [0.2, 0.25) is 0 Å². The highest BCUT2D eigenvalue weighted by molar-refractivity contribution is 7.19. The summed E-state index contributed by atoms with van der Waals surface area (Å²) in [5.74, 6) is 1.29. The van der Waals surface area contributed by atoms with E-state index in [9.17, 15) is 0 Å². The Labute approximate surface area is 174 Å². The van der Waals surface area contributed by atoms with Crippen molar-refractivity contribution in [3.63, 3.8) is 0 Å². The molecule has 0 spiro atoms. The second-order valence-corrected chi connectivity index (χ2v) is 7.61. The van der Waals surface area contributed by atoms with Gasteiger partial charge in [0.1, 0.15) is 27.3 Å². The molecule has 0 unspecified atom stereocenters. The maximum absolute atomic E-state index is 6.30. The van der Waals surface area contributed by atoms with Gasteiger partial charge in [-0.15, -0.1) is 0 Å². The highest BCUT2D eigenvalue weighted by Gasteiger charge is 2.15. The Balaban J connectivity index is 1.81. The zero-order chi connectivity index (χ0) is 20.2. The Morgan fingerprint density at radius 2 is 1.55 bits per heavy atom. The van der Waals surface area contributed by atoms with Gasteiger partial charge in [-0.05, 0) is 31.2 Å². The Morgan fingerprint density at radius 3 is 2.21 bits per heavy atom. The normalized spacial score (nSPS) is 11.4. The van der Waals surface area contributed by atoms with Crippen molar-refractivity contribution in [2.75, 3.05) is 7.11 Å². The highest BCUT2D eigenvalue weighted by Crippen LogP contribution is 2.40. The summed E-state index contributed by atoms with van der Waals surface area (Å²) in [6.07, 6.45) is 0. The standard InChI is InChI=1S/C24H21N3OS/c1-16-8-10-17(11-9-16)21-24(27-22(25)18-6-4-3-5-7-18)29-23(26-21)19-12-14-20(28-2)15-13-19/h3-15H,1-2H3,(H2,25,27). The van der Waals surface area contributed by atoms with Gasteiger partial charge in [-0.25, -0.2) is 9.98 Å². The topological polar surface area (TPSA) is 60.5 Å². The van der Waals surface area contributed by atoms with Crippen LogP contribution in [0.4, 0.5) is 5.00 Å². The predicted molar refractivity (Wildman–Crippen MR) is 121 cm³/mol. The molecule has 1 aromatic heterocycles. The molecule has 5 heteroatoms. The third-order valence-electron chi connectivity index (χ3n) is 4.56. The molecular formula is C24H21N3OS. The number of hydrogen-bond acceptors (Lipinski definition) is 4. The molecule has 2 N–H and O–H groups in total. The largest absolute Gasteiger partial charge is 0.497 e. The van der Waals surface area contributed by atoms with E-state index in [0.29, 0.717) is 5.84 Å². The number of aryl methyl sites for hydroxylation is 1. The van der Waals surface area contributed by atoms with E-state index in [0.717, 1.165) is 38.1 Å². The van der Waals surface area contributed by atoms with E-state index in [4.69, 9.17) is 20.4 Å². The van der Waals surface area contributed by atoms with Crippen LogP contribution in [0.2, 0.25) is 0 Å². The summed E-state index contributed by atoms with van der Waals surface area (Å²) in [5.41, 5.74) is 11.3.